The molecular weight excluding hydrogens is 235 g/mol. The van der Waals surface area contributed by atoms with Crippen molar-refractivity contribution in [3.05, 3.63) is 45.3 Å². The molecule has 0 aliphatic heterocycles. The Labute approximate surface area is 97.1 Å². The van der Waals surface area contributed by atoms with Crippen LogP contribution in [-0.2, 0) is 0 Å². The molecule has 0 fully saturated rings. The van der Waals surface area contributed by atoms with Crippen molar-refractivity contribution in [2.45, 2.75) is 6.92 Å². The zero-order chi connectivity index (χ0) is 10.1. The van der Waals surface area contributed by atoms with Gasteiger partial charge in [-0.05, 0) is 37.3 Å². The number of rotatable bonds is 1. The SMILES string of the molecule is Cc1ccc(-c2cc(Cl)ccc2Cl)s1. The molecule has 0 unspecified atom stereocenters. The Kier molecular flexibility index (Phi) is 2.82. The van der Waals surface area contributed by atoms with Crippen molar-refractivity contribution in [3.8, 4) is 10.4 Å². The summed E-state index contributed by atoms with van der Waals surface area (Å²) >= 11 is 13.7. The van der Waals surface area contributed by atoms with Gasteiger partial charge in [0.15, 0.2) is 0 Å². The van der Waals surface area contributed by atoms with E-state index in [1.54, 1.807) is 17.4 Å². The maximum Gasteiger partial charge on any atom is 0.0493 e. The lowest BCUT2D eigenvalue weighted by atomic mass is 10.2. The summed E-state index contributed by atoms with van der Waals surface area (Å²) in [6.07, 6.45) is 0. The summed E-state index contributed by atoms with van der Waals surface area (Å²) in [5.41, 5.74) is 1.01. The molecule has 0 amide bonds. The summed E-state index contributed by atoms with van der Waals surface area (Å²) in [5.74, 6) is 0. The average Bonchev–Trinajstić information content (AvgIpc) is 2.56. The van der Waals surface area contributed by atoms with Crippen molar-refractivity contribution in [2.75, 3.05) is 0 Å². The van der Waals surface area contributed by atoms with Gasteiger partial charge in [-0.2, -0.15) is 0 Å². The standard InChI is InChI=1S/C11H8Cl2S/c1-7-2-5-11(14-7)9-6-8(12)3-4-10(9)13/h2-6H,1H3. The highest BCUT2D eigenvalue weighted by atomic mass is 35.5. The fourth-order valence-corrected chi connectivity index (χ4v) is 2.61. The molecule has 2 aromatic rings. The molecule has 0 aliphatic rings. The van der Waals surface area contributed by atoms with E-state index in [9.17, 15) is 0 Å². The Morgan fingerprint density at radius 3 is 2.50 bits per heavy atom. The highest BCUT2D eigenvalue weighted by Gasteiger charge is 2.05. The van der Waals surface area contributed by atoms with E-state index in [1.165, 1.54) is 4.88 Å². The lowest BCUT2D eigenvalue weighted by Crippen LogP contribution is -1.74. The van der Waals surface area contributed by atoms with Gasteiger partial charge in [0.05, 0.1) is 0 Å². The summed E-state index contributed by atoms with van der Waals surface area (Å²) in [6.45, 7) is 2.08. The quantitative estimate of drug-likeness (QED) is 0.658. The van der Waals surface area contributed by atoms with Crippen LogP contribution in [0.15, 0.2) is 30.3 Å². The van der Waals surface area contributed by atoms with Crippen LogP contribution in [0.4, 0.5) is 0 Å². The maximum absolute atomic E-state index is 6.09. The molecule has 3 heteroatoms. The van der Waals surface area contributed by atoms with Crippen molar-refractivity contribution in [1.29, 1.82) is 0 Å². The Morgan fingerprint density at radius 2 is 1.86 bits per heavy atom. The zero-order valence-corrected chi connectivity index (χ0v) is 9.88. The number of halogens is 2. The molecule has 72 valence electrons. The van der Waals surface area contributed by atoms with Crippen LogP contribution in [-0.4, -0.2) is 0 Å². The third kappa shape index (κ3) is 1.95. The Morgan fingerprint density at radius 1 is 1.07 bits per heavy atom. The minimum absolute atomic E-state index is 0.718. The molecule has 14 heavy (non-hydrogen) atoms. The topological polar surface area (TPSA) is 0 Å². The van der Waals surface area contributed by atoms with E-state index in [1.807, 2.05) is 12.1 Å². The number of hydrogen-bond acceptors (Lipinski definition) is 1. The molecule has 0 atom stereocenters. The molecule has 0 nitrogen and oxygen atoms in total. The van der Waals surface area contributed by atoms with Crippen LogP contribution in [0.5, 0.6) is 0 Å². The lowest BCUT2D eigenvalue weighted by molar-refractivity contribution is 1.64. The first-order valence-electron chi connectivity index (χ1n) is 4.18. The van der Waals surface area contributed by atoms with Gasteiger partial charge in [-0.3, -0.25) is 0 Å². The van der Waals surface area contributed by atoms with E-state index in [2.05, 4.69) is 19.1 Å². The summed E-state index contributed by atoms with van der Waals surface area (Å²) in [6, 6.07) is 9.67. The summed E-state index contributed by atoms with van der Waals surface area (Å²) < 4.78 is 0. The Hall–Kier alpha value is -0.500. The molecular formula is C11H8Cl2S. The van der Waals surface area contributed by atoms with E-state index in [4.69, 9.17) is 23.2 Å². The smallest absolute Gasteiger partial charge is 0.0493 e. The number of hydrogen-bond donors (Lipinski definition) is 0. The molecule has 1 heterocycles. The van der Waals surface area contributed by atoms with Gasteiger partial charge in [-0.25, -0.2) is 0 Å². The molecule has 0 saturated heterocycles. The molecule has 2 rings (SSSR count). The highest BCUT2D eigenvalue weighted by molar-refractivity contribution is 7.15. The van der Waals surface area contributed by atoms with Crippen LogP contribution in [0.2, 0.25) is 10.0 Å². The summed E-state index contributed by atoms with van der Waals surface area (Å²) in [4.78, 5) is 2.44. The van der Waals surface area contributed by atoms with Crippen molar-refractivity contribution in [2.24, 2.45) is 0 Å². The van der Waals surface area contributed by atoms with Crippen LogP contribution in [0.1, 0.15) is 4.88 Å². The first kappa shape index (κ1) is 10.0. The first-order chi connectivity index (χ1) is 6.66. The van der Waals surface area contributed by atoms with Crippen LogP contribution >= 0.6 is 34.5 Å². The van der Waals surface area contributed by atoms with E-state index in [0.29, 0.717) is 0 Å². The molecule has 0 aliphatic carbocycles. The maximum atomic E-state index is 6.09. The van der Waals surface area contributed by atoms with Gasteiger partial charge >= 0.3 is 0 Å². The van der Waals surface area contributed by atoms with E-state index in [0.717, 1.165) is 20.5 Å². The van der Waals surface area contributed by atoms with Crippen LogP contribution in [0.3, 0.4) is 0 Å². The van der Waals surface area contributed by atoms with Crippen LogP contribution in [0.25, 0.3) is 10.4 Å². The van der Waals surface area contributed by atoms with Crippen molar-refractivity contribution >= 4 is 34.5 Å². The minimum Gasteiger partial charge on any atom is -0.141 e. The van der Waals surface area contributed by atoms with Gasteiger partial charge in [-0.15, -0.1) is 11.3 Å². The Balaban J connectivity index is 2.55. The summed E-state index contributed by atoms with van der Waals surface area (Å²) in [7, 11) is 0. The fourth-order valence-electron chi connectivity index (χ4n) is 1.27. The highest BCUT2D eigenvalue weighted by Crippen LogP contribution is 2.34. The second kappa shape index (κ2) is 3.93. The first-order valence-corrected chi connectivity index (χ1v) is 5.76. The lowest BCUT2D eigenvalue weighted by Gasteiger charge is -2.01. The van der Waals surface area contributed by atoms with Gasteiger partial charge < -0.3 is 0 Å². The number of benzene rings is 1. The average molecular weight is 243 g/mol. The van der Waals surface area contributed by atoms with Gasteiger partial charge in [0.25, 0.3) is 0 Å². The predicted octanol–water partition coefficient (Wildman–Crippen LogP) is 5.03. The largest absolute Gasteiger partial charge is 0.141 e. The second-order valence-corrected chi connectivity index (χ2v) is 5.17. The third-order valence-electron chi connectivity index (χ3n) is 1.93. The summed E-state index contributed by atoms with van der Waals surface area (Å²) in [5, 5.41) is 1.46. The molecule has 0 radical (unpaired) electrons. The second-order valence-electron chi connectivity index (χ2n) is 3.03. The van der Waals surface area contributed by atoms with Crippen LogP contribution < -0.4 is 0 Å². The normalized spacial score (nSPS) is 10.5. The van der Waals surface area contributed by atoms with Gasteiger partial charge in [0, 0.05) is 25.4 Å². The van der Waals surface area contributed by atoms with Crippen LogP contribution in [0, 0.1) is 6.92 Å². The van der Waals surface area contributed by atoms with Crippen molar-refractivity contribution < 1.29 is 0 Å². The van der Waals surface area contributed by atoms with Gasteiger partial charge in [-0.1, -0.05) is 23.2 Å². The minimum atomic E-state index is 0.718. The van der Waals surface area contributed by atoms with E-state index < -0.39 is 0 Å². The molecule has 1 aromatic heterocycles. The van der Waals surface area contributed by atoms with Crippen molar-refractivity contribution in [1.82, 2.24) is 0 Å². The molecule has 0 bridgehead atoms. The van der Waals surface area contributed by atoms with E-state index >= 15 is 0 Å². The van der Waals surface area contributed by atoms with Crippen molar-refractivity contribution in [3.63, 3.8) is 0 Å². The Bertz CT molecular complexity index is 460. The van der Waals surface area contributed by atoms with E-state index in [-0.39, 0.29) is 0 Å². The van der Waals surface area contributed by atoms with Gasteiger partial charge in [0.2, 0.25) is 0 Å². The monoisotopic (exact) mass is 242 g/mol. The molecule has 0 saturated carbocycles. The molecule has 0 N–H and O–H groups in total. The number of thiophene rings is 1. The zero-order valence-electron chi connectivity index (χ0n) is 7.55. The predicted molar refractivity (Wildman–Crippen MR) is 64.5 cm³/mol. The fraction of sp³-hybridized carbons (Fsp3) is 0.0909. The third-order valence-corrected chi connectivity index (χ3v) is 3.53. The molecule has 0 spiro atoms. The number of aryl methyl sites for hydroxylation is 1. The molecule has 1 aromatic carbocycles. The van der Waals surface area contributed by atoms with Gasteiger partial charge in [0.1, 0.15) is 0 Å².